The molecule has 0 fully saturated rings. The van der Waals surface area contributed by atoms with Gasteiger partial charge in [0.25, 0.3) is 0 Å². The molecule has 2 rings (SSSR count). The Balaban J connectivity index is 2.47. The van der Waals surface area contributed by atoms with E-state index in [0.29, 0.717) is 11.1 Å². The van der Waals surface area contributed by atoms with Crippen LogP contribution >= 0.6 is 0 Å². The first-order valence-corrected chi connectivity index (χ1v) is 4.99. The van der Waals surface area contributed by atoms with Crippen molar-refractivity contribution < 1.29 is 4.79 Å². The molecule has 0 saturated carbocycles. The second kappa shape index (κ2) is 4.49. The molecule has 17 heavy (non-hydrogen) atoms. The molecule has 1 aromatic carbocycles. The lowest BCUT2D eigenvalue weighted by Crippen LogP contribution is -2.11. The van der Waals surface area contributed by atoms with Crippen molar-refractivity contribution in [1.82, 2.24) is 4.98 Å². The van der Waals surface area contributed by atoms with Crippen molar-refractivity contribution in [3.63, 3.8) is 0 Å². The number of nitriles is 1. The van der Waals surface area contributed by atoms with Crippen molar-refractivity contribution in [3.05, 3.63) is 40.8 Å². The second-order valence-electron chi connectivity index (χ2n) is 3.49. The van der Waals surface area contributed by atoms with Gasteiger partial charge in [0.1, 0.15) is 6.42 Å². The van der Waals surface area contributed by atoms with E-state index in [0.717, 1.165) is 5.39 Å². The first-order valence-electron chi connectivity index (χ1n) is 4.99. The predicted molar refractivity (Wildman–Crippen MR) is 63.4 cm³/mol. The Hall–Kier alpha value is -2.61. The maximum atomic E-state index is 11.3. The summed E-state index contributed by atoms with van der Waals surface area (Å²) < 4.78 is 0. The number of amides is 1. The van der Waals surface area contributed by atoms with Crippen molar-refractivity contribution in [1.29, 1.82) is 5.26 Å². The van der Waals surface area contributed by atoms with Crippen LogP contribution in [0.15, 0.2) is 35.3 Å². The van der Waals surface area contributed by atoms with Crippen molar-refractivity contribution in [2.24, 2.45) is 0 Å². The first kappa shape index (κ1) is 10.9. The number of fused-ring (bicyclic) bond motifs is 1. The van der Waals surface area contributed by atoms with Crippen LogP contribution in [-0.2, 0) is 4.79 Å². The third kappa shape index (κ3) is 2.32. The second-order valence-corrected chi connectivity index (χ2v) is 3.49. The number of carbonyl (C=O) groups excluding carboxylic acids is 1. The molecule has 84 valence electrons. The molecule has 0 aliphatic carbocycles. The van der Waals surface area contributed by atoms with Crippen LogP contribution in [0.5, 0.6) is 0 Å². The Morgan fingerprint density at radius 2 is 2.29 bits per heavy atom. The molecule has 2 aromatic rings. The van der Waals surface area contributed by atoms with E-state index in [1.807, 2.05) is 6.07 Å². The molecule has 0 radical (unpaired) electrons. The monoisotopic (exact) mass is 227 g/mol. The zero-order chi connectivity index (χ0) is 12.3. The van der Waals surface area contributed by atoms with Gasteiger partial charge in [0.05, 0.1) is 6.07 Å². The quantitative estimate of drug-likeness (QED) is 0.812. The number of anilines is 1. The molecule has 1 amide bonds. The van der Waals surface area contributed by atoms with Gasteiger partial charge in [0.15, 0.2) is 0 Å². The molecular weight excluding hydrogens is 218 g/mol. The van der Waals surface area contributed by atoms with Crippen LogP contribution in [0, 0.1) is 11.3 Å². The summed E-state index contributed by atoms with van der Waals surface area (Å²) in [4.78, 5) is 25.1. The summed E-state index contributed by atoms with van der Waals surface area (Å²) in [5.41, 5.74) is 0.299. The van der Waals surface area contributed by atoms with Gasteiger partial charge in [-0.3, -0.25) is 9.59 Å². The molecule has 0 spiro atoms. The number of H-pyrrole nitrogens is 1. The van der Waals surface area contributed by atoms with Gasteiger partial charge in [-0.05, 0) is 6.07 Å². The van der Waals surface area contributed by atoms with Gasteiger partial charge in [0, 0.05) is 28.7 Å². The number of hydrogen-bond acceptors (Lipinski definition) is 3. The average Bonchev–Trinajstić information content (AvgIpc) is 2.30. The number of carbonyl (C=O) groups is 1. The topological polar surface area (TPSA) is 85.8 Å². The van der Waals surface area contributed by atoms with Gasteiger partial charge in [-0.15, -0.1) is 0 Å². The minimum atomic E-state index is -0.389. The lowest BCUT2D eigenvalue weighted by Gasteiger charge is -2.06. The SMILES string of the molecule is N#CCC(=O)Nc1cccc2c[nH]c(=O)cc12. The number of aromatic amines is 1. The summed E-state index contributed by atoms with van der Waals surface area (Å²) in [6.07, 6.45) is 1.37. The van der Waals surface area contributed by atoms with Crippen LogP contribution in [0.25, 0.3) is 10.8 Å². The van der Waals surface area contributed by atoms with Gasteiger partial charge in [-0.25, -0.2) is 0 Å². The number of rotatable bonds is 2. The normalized spacial score (nSPS) is 9.82. The lowest BCUT2D eigenvalue weighted by atomic mass is 10.1. The smallest absolute Gasteiger partial charge is 0.248 e. The maximum absolute atomic E-state index is 11.3. The minimum absolute atomic E-state index is 0.209. The number of pyridine rings is 1. The molecule has 0 bridgehead atoms. The third-order valence-corrected chi connectivity index (χ3v) is 2.30. The maximum Gasteiger partial charge on any atom is 0.248 e. The van der Waals surface area contributed by atoms with Crippen molar-refractivity contribution >= 4 is 22.4 Å². The third-order valence-electron chi connectivity index (χ3n) is 2.30. The molecular formula is C12H9N3O2. The summed E-state index contributed by atoms with van der Waals surface area (Å²) in [5.74, 6) is -0.389. The Kier molecular flexibility index (Phi) is 2.88. The first-order chi connectivity index (χ1) is 8.20. The lowest BCUT2D eigenvalue weighted by molar-refractivity contribution is -0.115. The van der Waals surface area contributed by atoms with Gasteiger partial charge in [-0.1, -0.05) is 12.1 Å². The molecule has 1 aromatic heterocycles. The number of benzene rings is 1. The highest BCUT2D eigenvalue weighted by Gasteiger charge is 2.05. The summed E-state index contributed by atoms with van der Waals surface area (Å²) in [7, 11) is 0. The predicted octanol–water partition coefficient (Wildman–Crippen LogP) is 1.38. The largest absolute Gasteiger partial charge is 0.328 e. The molecule has 0 aliphatic heterocycles. The van der Waals surface area contributed by atoms with Crippen LogP contribution in [0.3, 0.4) is 0 Å². The van der Waals surface area contributed by atoms with E-state index in [9.17, 15) is 9.59 Å². The number of nitrogens with zero attached hydrogens (tertiary/aromatic N) is 1. The zero-order valence-electron chi connectivity index (χ0n) is 8.86. The zero-order valence-corrected chi connectivity index (χ0v) is 8.86. The molecule has 0 unspecified atom stereocenters. The summed E-state index contributed by atoms with van der Waals surface area (Å²) in [6.45, 7) is 0. The van der Waals surface area contributed by atoms with Crippen molar-refractivity contribution in [2.75, 3.05) is 5.32 Å². The highest BCUT2D eigenvalue weighted by atomic mass is 16.1. The van der Waals surface area contributed by atoms with Crippen molar-refractivity contribution in [2.45, 2.75) is 6.42 Å². The number of aromatic nitrogens is 1. The van der Waals surface area contributed by atoms with Crippen LogP contribution < -0.4 is 10.9 Å². The highest BCUT2D eigenvalue weighted by molar-refractivity contribution is 6.02. The molecule has 0 saturated heterocycles. The molecule has 1 heterocycles. The van der Waals surface area contributed by atoms with E-state index < -0.39 is 0 Å². The van der Waals surface area contributed by atoms with E-state index in [1.165, 1.54) is 6.07 Å². The Bertz CT molecular complexity index is 667. The fraction of sp³-hybridized carbons (Fsp3) is 0.0833. The standard InChI is InChI=1S/C12H9N3O2/c13-5-4-11(16)15-10-3-1-2-8-7-14-12(17)6-9(8)10/h1-3,6-7H,4H2,(H,14,17)(H,15,16). The Morgan fingerprint density at radius 3 is 3.06 bits per heavy atom. The Labute approximate surface area is 96.7 Å². The van der Waals surface area contributed by atoms with Crippen LogP contribution in [0.2, 0.25) is 0 Å². The highest BCUT2D eigenvalue weighted by Crippen LogP contribution is 2.20. The van der Waals surface area contributed by atoms with Crippen LogP contribution in [0.1, 0.15) is 6.42 Å². The van der Waals surface area contributed by atoms with Crippen molar-refractivity contribution in [3.8, 4) is 6.07 Å². The van der Waals surface area contributed by atoms with Crippen LogP contribution in [0.4, 0.5) is 5.69 Å². The molecule has 5 heteroatoms. The van der Waals surface area contributed by atoms with E-state index >= 15 is 0 Å². The van der Waals surface area contributed by atoms with Gasteiger partial charge in [-0.2, -0.15) is 5.26 Å². The summed E-state index contributed by atoms with van der Waals surface area (Å²) in [6, 6.07) is 8.46. The van der Waals surface area contributed by atoms with E-state index in [4.69, 9.17) is 5.26 Å². The Morgan fingerprint density at radius 1 is 1.47 bits per heavy atom. The minimum Gasteiger partial charge on any atom is -0.328 e. The average molecular weight is 227 g/mol. The summed E-state index contributed by atoms with van der Waals surface area (Å²) in [5, 5.41) is 12.5. The number of hydrogen-bond donors (Lipinski definition) is 2. The summed E-state index contributed by atoms with van der Waals surface area (Å²) >= 11 is 0. The van der Waals surface area contributed by atoms with E-state index in [1.54, 1.807) is 24.4 Å². The molecule has 0 atom stereocenters. The fourth-order valence-corrected chi connectivity index (χ4v) is 1.57. The van der Waals surface area contributed by atoms with Gasteiger partial charge < -0.3 is 10.3 Å². The van der Waals surface area contributed by atoms with Gasteiger partial charge >= 0.3 is 0 Å². The fourth-order valence-electron chi connectivity index (χ4n) is 1.57. The molecule has 0 aliphatic rings. The van der Waals surface area contributed by atoms with Crippen LogP contribution in [-0.4, -0.2) is 10.9 Å². The molecule has 2 N–H and O–H groups in total. The van der Waals surface area contributed by atoms with Gasteiger partial charge in [0.2, 0.25) is 11.5 Å². The van der Waals surface area contributed by atoms with E-state index in [2.05, 4.69) is 10.3 Å². The number of nitrogens with one attached hydrogen (secondary N) is 2. The molecule has 5 nitrogen and oxygen atoms in total. The van der Waals surface area contributed by atoms with E-state index in [-0.39, 0.29) is 17.9 Å².